The first kappa shape index (κ1) is 11.6. The second kappa shape index (κ2) is 4.98. The van der Waals surface area contributed by atoms with E-state index in [2.05, 4.69) is 43.4 Å². The molecule has 1 fully saturated rings. The molecule has 1 aromatic rings. The summed E-state index contributed by atoms with van der Waals surface area (Å²) in [5.74, 6) is 0.599. The Morgan fingerprint density at radius 1 is 1.44 bits per heavy atom. The second-order valence-electron chi connectivity index (χ2n) is 4.82. The molecule has 0 radical (unpaired) electrons. The maximum atomic E-state index is 5.66. The summed E-state index contributed by atoms with van der Waals surface area (Å²) >= 11 is 0. The van der Waals surface area contributed by atoms with Gasteiger partial charge in [0.1, 0.15) is 0 Å². The molecule has 2 heteroatoms. The largest absolute Gasteiger partial charge is 0.378 e. The highest BCUT2D eigenvalue weighted by Gasteiger charge is 2.29. The standard InChI is InChI=1S/C14H21NO/c1-10-5-4-6-12(7-10)14(15-3)13-8-11(2)16-9-13/h4-7,11,13-15H,8-9H2,1-3H3. The van der Waals surface area contributed by atoms with Crippen molar-refractivity contribution >= 4 is 0 Å². The van der Waals surface area contributed by atoms with Crippen molar-refractivity contribution < 1.29 is 4.74 Å². The zero-order valence-corrected chi connectivity index (χ0v) is 10.4. The molecule has 16 heavy (non-hydrogen) atoms. The molecule has 1 heterocycles. The van der Waals surface area contributed by atoms with Crippen molar-refractivity contribution in [1.82, 2.24) is 5.32 Å². The fourth-order valence-corrected chi connectivity index (χ4v) is 2.62. The molecule has 0 aliphatic carbocycles. The highest BCUT2D eigenvalue weighted by Crippen LogP contribution is 2.31. The average molecular weight is 219 g/mol. The van der Waals surface area contributed by atoms with Gasteiger partial charge in [-0.15, -0.1) is 0 Å². The van der Waals surface area contributed by atoms with Crippen LogP contribution in [0, 0.1) is 12.8 Å². The highest BCUT2D eigenvalue weighted by atomic mass is 16.5. The first-order valence-electron chi connectivity index (χ1n) is 6.06. The molecule has 1 aliphatic rings. The molecule has 88 valence electrons. The molecule has 1 aliphatic heterocycles. The molecule has 0 amide bonds. The van der Waals surface area contributed by atoms with Gasteiger partial charge in [0.25, 0.3) is 0 Å². The Hall–Kier alpha value is -0.860. The van der Waals surface area contributed by atoms with Gasteiger partial charge in [-0.3, -0.25) is 0 Å². The van der Waals surface area contributed by atoms with Gasteiger partial charge in [-0.1, -0.05) is 29.8 Å². The van der Waals surface area contributed by atoms with Crippen LogP contribution in [0.25, 0.3) is 0 Å². The van der Waals surface area contributed by atoms with Crippen LogP contribution in [0.1, 0.15) is 30.5 Å². The fourth-order valence-electron chi connectivity index (χ4n) is 2.62. The summed E-state index contributed by atoms with van der Waals surface area (Å²) in [6.45, 7) is 5.17. The minimum Gasteiger partial charge on any atom is -0.378 e. The Kier molecular flexibility index (Phi) is 3.62. The molecule has 1 aromatic carbocycles. The summed E-state index contributed by atoms with van der Waals surface area (Å²) < 4.78 is 5.66. The lowest BCUT2D eigenvalue weighted by Gasteiger charge is -2.22. The minimum atomic E-state index is 0.408. The minimum absolute atomic E-state index is 0.408. The average Bonchev–Trinajstić information content (AvgIpc) is 2.66. The van der Waals surface area contributed by atoms with E-state index in [1.54, 1.807) is 0 Å². The lowest BCUT2D eigenvalue weighted by molar-refractivity contribution is 0.117. The van der Waals surface area contributed by atoms with Crippen molar-refractivity contribution in [1.29, 1.82) is 0 Å². The molecule has 0 spiro atoms. The first-order chi connectivity index (χ1) is 7.70. The zero-order chi connectivity index (χ0) is 11.5. The zero-order valence-electron chi connectivity index (χ0n) is 10.4. The van der Waals surface area contributed by atoms with Gasteiger partial charge in [0, 0.05) is 12.0 Å². The molecule has 2 nitrogen and oxygen atoms in total. The number of ether oxygens (including phenoxy) is 1. The molecule has 0 bridgehead atoms. The summed E-state index contributed by atoms with van der Waals surface area (Å²) in [6.07, 6.45) is 1.56. The predicted molar refractivity (Wildman–Crippen MR) is 66.5 cm³/mol. The number of hydrogen-bond donors (Lipinski definition) is 1. The Bertz CT molecular complexity index is 350. The molecule has 1 N–H and O–H groups in total. The lowest BCUT2D eigenvalue weighted by atomic mass is 9.90. The van der Waals surface area contributed by atoms with E-state index in [1.807, 2.05) is 7.05 Å². The van der Waals surface area contributed by atoms with Gasteiger partial charge in [-0.25, -0.2) is 0 Å². The maximum Gasteiger partial charge on any atom is 0.0551 e. The van der Waals surface area contributed by atoms with E-state index in [1.165, 1.54) is 11.1 Å². The highest BCUT2D eigenvalue weighted by molar-refractivity contribution is 5.25. The summed E-state index contributed by atoms with van der Waals surface area (Å²) in [5.41, 5.74) is 2.70. The molecule has 1 saturated heterocycles. The number of hydrogen-bond acceptors (Lipinski definition) is 2. The third-order valence-electron chi connectivity index (χ3n) is 3.41. The van der Waals surface area contributed by atoms with Crippen LogP contribution in [0.4, 0.5) is 0 Å². The van der Waals surface area contributed by atoms with E-state index in [0.717, 1.165) is 13.0 Å². The number of benzene rings is 1. The van der Waals surface area contributed by atoms with Gasteiger partial charge in [-0.05, 0) is 32.9 Å². The summed E-state index contributed by atoms with van der Waals surface area (Å²) in [5, 5.41) is 3.43. The molecule has 0 saturated carbocycles. The van der Waals surface area contributed by atoms with Crippen molar-refractivity contribution in [3.8, 4) is 0 Å². The van der Waals surface area contributed by atoms with Gasteiger partial charge < -0.3 is 10.1 Å². The van der Waals surface area contributed by atoms with Crippen LogP contribution < -0.4 is 5.32 Å². The van der Waals surface area contributed by atoms with Gasteiger partial charge in [0.2, 0.25) is 0 Å². The van der Waals surface area contributed by atoms with E-state index in [-0.39, 0.29) is 0 Å². The molecule has 2 rings (SSSR count). The number of nitrogens with one attached hydrogen (secondary N) is 1. The summed E-state index contributed by atoms with van der Waals surface area (Å²) in [7, 11) is 2.04. The number of rotatable bonds is 3. The first-order valence-corrected chi connectivity index (χ1v) is 6.06. The van der Waals surface area contributed by atoms with Crippen LogP contribution in [-0.2, 0) is 4.74 Å². The summed E-state index contributed by atoms with van der Waals surface area (Å²) in [4.78, 5) is 0. The monoisotopic (exact) mass is 219 g/mol. The molecular weight excluding hydrogens is 198 g/mol. The lowest BCUT2D eigenvalue weighted by Crippen LogP contribution is -2.25. The van der Waals surface area contributed by atoms with E-state index in [4.69, 9.17) is 4.74 Å². The van der Waals surface area contributed by atoms with E-state index in [9.17, 15) is 0 Å². The third kappa shape index (κ3) is 2.45. The van der Waals surface area contributed by atoms with Crippen LogP contribution >= 0.6 is 0 Å². The van der Waals surface area contributed by atoms with Crippen LogP contribution in [0.3, 0.4) is 0 Å². The van der Waals surface area contributed by atoms with E-state index in [0.29, 0.717) is 18.1 Å². The van der Waals surface area contributed by atoms with Crippen LogP contribution in [-0.4, -0.2) is 19.8 Å². The third-order valence-corrected chi connectivity index (χ3v) is 3.41. The number of aryl methyl sites for hydroxylation is 1. The Morgan fingerprint density at radius 2 is 2.25 bits per heavy atom. The molecule has 3 atom stereocenters. The predicted octanol–water partition coefficient (Wildman–Crippen LogP) is 2.68. The van der Waals surface area contributed by atoms with Crippen molar-refractivity contribution in [2.45, 2.75) is 32.4 Å². The SMILES string of the molecule is CNC(c1cccc(C)c1)C1COC(C)C1. The Morgan fingerprint density at radius 3 is 2.81 bits per heavy atom. The van der Waals surface area contributed by atoms with Crippen molar-refractivity contribution in [3.05, 3.63) is 35.4 Å². The quantitative estimate of drug-likeness (QED) is 0.844. The molecular formula is C14H21NO. The smallest absolute Gasteiger partial charge is 0.0551 e. The van der Waals surface area contributed by atoms with Gasteiger partial charge in [-0.2, -0.15) is 0 Å². The van der Waals surface area contributed by atoms with Crippen molar-refractivity contribution in [2.24, 2.45) is 5.92 Å². The second-order valence-corrected chi connectivity index (χ2v) is 4.82. The fraction of sp³-hybridized carbons (Fsp3) is 0.571. The van der Waals surface area contributed by atoms with Gasteiger partial charge >= 0.3 is 0 Å². The van der Waals surface area contributed by atoms with Crippen molar-refractivity contribution in [2.75, 3.05) is 13.7 Å². The maximum absolute atomic E-state index is 5.66. The van der Waals surface area contributed by atoms with Crippen LogP contribution in [0.2, 0.25) is 0 Å². The molecule has 3 unspecified atom stereocenters. The van der Waals surface area contributed by atoms with E-state index >= 15 is 0 Å². The molecule has 0 aromatic heterocycles. The Labute approximate surface area is 98.0 Å². The summed E-state index contributed by atoms with van der Waals surface area (Å²) in [6, 6.07) is 9.17. The topological polar surface area (TPSA) is 21.3 Å². The van der Waals surface area contributed by atoms with Gasteiger partial charge in [0.15, 0.2) is 0 Å². The van der Waals surface area contributed by atoms with Gasteiger partial charge in [0.05, 0.1) is 12.7 Å². The van der Waals surface area contributed by atoms with Crippen molar-refractivity contribution in [3.63, 3.8) is 0 Å². The van der Waals surface area contributed by atoms with E-state index < -0.39 is 0 Å². The normalized spacial score (nSPS) is 26.9. The van der Waals surface area contributed by atoms with Crippen LogP contribution in [0.5, 0.6) is 0 Å². The van der Waals surface area contributed by atoms with Crippen LogP contribution in [0.15, 0.2) is 24.3 Å². The Balaban J connectivity index is 2.16.